The van der Waals surface area contributed by atoms with Crippen molar-refractivity contribution in [2.45, 2.75) is 20.8 Å². The zero-order valence-electron chi connectivity index (χ0n) is 14.9. The number of hydrogen-bond donors (Lipinski definition) is 1. The Morgan fingerprint density at radius 2 is 1.60 bits per heavy atom. The summed E-state index contributed by atoms with van der Waals surface area (Å²) >= 11 is 0. The van der Waals surface area contributed by atoms with E-state index in [-0.39, 0.29) is 18.5 Å². The van der Waals surface area contributed by atoms with E-state index in [1.165, 1.54) is 0 Å². The van der Waals surface area contributed by atoms with E-state index in [4.69, 9.17) is 0 Å². The fourth-order valence-corrected chi connectivity index (χ4v) is 3.11. The monoisotopic (exact) mass is 337 g/mol. The van der Waals surface area contributed by atoms with Gasteiger partial charge >= 0.3 is 6.03 Å². The molecule has 25 heavy (non-hydrogen) atoms. The first-order chi connectivity index (χ1) is 11.9. The second-order valence-corrected chi connectivity index (χ2v) is 6.62. The van der Waals surface area contributed by atoms with Crippen LogP contribution in [0.1, 0.15) is 16.7 Å². The second-order valence-electron chi connectivity index (χ2n) is 6.62. The molecule has 5 nitrogen and oxygen atoms in total. The van der Waals surface area contributed by atoms with E-state index in [0.29, 0.717) is 13.1 Å². The lowest BCUT2D eigenvalue weighted by Gasteiger charge is -2.18. The summed E-state index contributed by atoms with van der Waals surface area (Å²) in [6.45, 7) is 7.21. The van der Waals surface area contributed by atoms with Gasteiger partial charge in [-0.3, -0.25) is 9.69 Å². The lowest BCUT2D eigenvalue weighted by Crippen LogP contribution is -2.37. The van der Waals surface area contributed by atoms with Crippen LogP contribution >= 0.6 is 0 Å². The first-order valence-corrected chi connectivity index (χ1v) is 8.43. The van der Waals surface area contributed by atoms with Crippen molar-refractivity contribution in [2.24, 2.45) is 0 Å². The fraction of sp³-hybridized carbons (Fsp3) is 0.300. The first kappa shape index (κ1) is 17.0. The summed E-state index contributed by atoms with van der Waals surface area (Å²) in [5.74, 6) is -0.177. The van der Waals surface area contributed by atoms with Crippen LogP contribution in [0.4, 0.5) is 16.2 Å². The summed E-state index contributed by atoms with van der Waals surface area (Å²) < 4.78 is 0. The number of amides is 3. The molecular weight excluding hydrogens is 314 g/mol. The molecule has 130 valence electrons. The van der Waals surface area contributed by atoms with Crippen molar-refractivity contribution >= 4 is 23.3 Å². The quantitative estimate of drug-likeness (QED) is 0.928. The van der Waals surface area contributed by atoms with Gasteiger partial charge in [0, 0.05) is 24.5 Å². The van der Waals surface area contributed by atoms with Gasteiger partial charge in [-0.15, -0.1) is 0 Å². The minimum Gasteiger partial charge on any atom is -0.325 e. The van der Waals surface area contributed by atoms with Crippen LogP contribution in [0.25, 0.3) is 0 Å². The molecule has 0 bridgehead atoms. The molecule has 3 amide bonds. The summed E-state index contributed by atoms with van der Waals surface area (Å²) in [7, 11) is 0. The molecule has 0 spiro atoms. The standard InChI is InChI=1S/C20H23N3O2/c1-14-4-6-18(7-5-14)23-9-8-22(20(23)25)13-19(24)21-17-11-15(2)10-16(3)12-17/h4-7,10-12H,8-9,13H2,1-3H3,(H,21,24). The Morgan fingerprint density at radius 1 is 0.960 bits per heavy atom. The molecule has 0 aromatic heterocycles. The number of carbonyl (C=O) groups excluding carboxylic acids is 2. The molecule has 1 heterocycles. The number of carbonyl (C=O) groups is 2. The van der Waals surface area contributed by atoms with Gasteiger partial charge in [0.05, 0.1) is 0 Å². The Hall–Kier alpha value is -2.82. The van der Waals surface area contributed by atoms with Gasteiger partial charge in [-0.2, -0.15) is 0 Å². The number of aryl methyl sites for hydroxylation is 3. The first-order valence-electron chi connectivity index (χ1n) is 8.43. The number of anilines is 2. The molecule has 1 fully saturated rings. The van der Waals surface area contributed by atoms with Crippen molar-refractivity contribution in [1.82, 2.24) is 4.90 Å². The summed E-state index contributed by atoms with van der Waals surface area (Å²) in [4.78, 5) is 28.2. The second kappa shape index (κ2) is 6.97. The minimum absolute atomic E-state index is 0.0637. The molecule has 2 aromatic rings. The number of nitrogens with zero attached hydrogens (tertiary/aromatic N) is 2. The lowest BCUT2D eigenvalue weighted by molar-refractivity contribution is -0.116. The van der Waals surface area contributed by atoms with E-state index in [2.05, 4.69) is 11.4 Å². The lowest BCUT2D eigenvalue weighted by atomic mass is 10.1. The Bertz CT molecular complexity index is 779. The van der Waals surface area contributed by atoms with Gasteiger partial charge in [-0.05, 0) is 56.2 Å². The number of urea groups is 1. The van der Waals surface area contributed by atoms with Crippen LogP contribution in [0.3, 0.4) is 0 Å². The molecule has 2 aromatic carbocycles. The third kappa shape index (κ3) is 3.99. The van der Waals surface area contributed by atoms with Gasteiger partial charge in [-0.25, -0.2) is 4.79 Å². The molecule has 0 saturated carbocycles. The topological polar surface area (TPSA) is 52.6 Å². The highest BCUT2D eigenvalue weighted by Crippen LogP contribution is 2.21. The van der Waals surface area contributed by atoms with E-state index in [0.717, 1.165) is 28.1 Å². The fourth-order valence-electron chi connectivity index (χ4n) is 3.11. The molecule has 5 heteroatoms. The zero-order chi connectivity index (χ0) is 18.0. The number of rotatable bonds is 4. The van der Waals surface area contributed by atoms with Crippen molar-refractivity contribution in [3.63, 3.8) is 0 Å². The summed E-state index contributed by atoms with van der Waals surface area (Å²) in [6.07, 6.45) is 0. The van der Waals surface area contributed by atoms with E-state index >= 15 is 0 Å². The SMILES string of the molecule is Cc1ccc(N2CCN(CC(=O)Nc3cc(C)cc(C)c3)C2=O)cc1. The number of hydrogen-bond acceptors (Lipinski definition) is 2. The molecule has 0 radical (unpaired) electrons. The maximum Gasteiger partial charge on any atom is 0.325 e. The molecule has 0 aliphatic carbocycles. The van der Waals surface area contributed by atoms with Crippen molar-refractivity contribution < 1.29 is 9.59 Å². The van der Waals surface area contributed by atoms with E-state index in [1.807, 2.05) is 57.2 Å². The average molecular weight is 337 g/mol. The van der Waals surface area contributed by atoms with Gasteiger partial charge < -0.3 is 10.2 Å². The molecule has 1 aliphatic heterocycles. The Kier molecular flexibility index (Phi) is 4.74. The van der Waals surface area contributed by atoms with Gasteiger partial charge in [0.2, 0.25) is 5.91 Å². The Labute approximate surface area is 148 Å². The highest BCUT2D eigenvalue weighted by Gasteiger charge is 2.30. The van der Waals surface area contributed by atoms with Gasteiger partial charge in [0.1, 0.15) is 6.54 Å². The molecule has 1 N–H and O–H groups in total. The highest BCUT2D eigenvalue weighted by molar-refractivity contribution is 5.99. The van der Waals surface area contributed by atoms with Crippen molar-refractivity contribution in [3.8, 4) is 0 Å². The van der Waals surface area contributed by atoms with Gasteiger partial charge in [0.15, 0.2) is 0 Å². The smallest absolute Gasteiger partial charge is 0.325 e. The van der Waals surface area contributed by atoms with Crippen LogP contribution in [0.5, 0.6) is 0 Å². The van der Waals surface area contributed by atoms with Crippen molar-refractivity contribution in [2.75, 3.05) is 29.9 Å². The molecule has 1 aliphatic rings. The number of benzene rings is 2. The normalized spacial score (nSPS) is 14.1. The predicted molar refractivity (Wildman–Crippen MR) is 100 cm³/mol. The van der Waals surface area contributed by atoms with E-state index in [9.17, 15) is 9.59 Å². The zero-order valence-corrected chi connectivity index (χ0v) is 14.9. The number of nitrogens with one attached hydrogen (secondary N) is 1. The minimum atomic E-state index is -0.177. The molecule has 1 saturated heterocycles. The van der Waals surface area contributed by atoms with Crippen LogP contribution in [0.15, 0.2) is 42.5 Å². The van der Waals surface area contributed by atoms with E-state index in [1.54, 1.807) is 9.80 Å². The molecule has 3 rings (SSSR count). The third-order valence-corrected chi connectivity index (χ3v) is 4.28. The maximum atomic E-state index is 12.6. The van der Waals surface area contributed by atoms with Crippen LogP contribution in [-0.2, 0) is 4.79 Å². The van der Waals surface area contributed by atoms with E-state index < -0.39 is 0 Å². The van der Waals surface area contributed by atoms with Gasteiger partial charge in [0.25, 0.3) is 0 Å². The summed E-state index contributed by atoms with van der Waals surface area (Å²) in [5, 5.41) is 2.88. The summed E-state index contributed by atoms with van der Waals surface area (Å²) in [5.41, 5.74) is 4.98. The average Bonchev–Trinajstić information content (AvgIpc) is 2.88. The van der Waals surface area contributed by atoms with Crippen LogP contribution in [0, 0.1) is 20.8 Å². The van der Waals surface area contributed by atoms with Crippen LogP contribution < -0.4 is 10.2 Å². The van der Waals surface area contributed by atoms with Crippen LogP contribution in [-0.4, -0.2) is 36.5 Å². The van der Waals surface area contributed by atoms with Gasteiger partial charge in [-0.1, -0.05) is 23.8 Å². The largest absolute Gasteiger partial charge is 0.325 e. The van der Waals surface area contributed by atoms with Crippen molar-refractivity contribution in [3.05, 3.63) is 59.2 Å². The highest BCUT2D eigenvalue weighted by atomic mass is 16.2. The maximum absolute atomic E-state index is 12.6. The predicted octanol–water partition coefficient (Wildman–Crippen LogP) is 3.49. The molecular formula is C20H23N3O2. The van der Waals surface area contributed by atoms with Crippen molar-refractivity contribution in [1.29, 1.82) is 0 Å². The Balaban J connectivity index is 1.62. The third-order valence-electron chi connectivity index (χ3n) is 4.28. The molecule has 0 unspecified atom stereocenters. The molecule has 0 atom stereocenters. The van der Waals surface area contributed by atoms with Crippen LogP contribution in [0.2, 0.25) is 0 Å². The summed E-state index contributed by atoms with van der Waals surface area (Å²) in [6, 6.07) is 13.6. The Morgan fingerprint density at radius 3 is 2.24 bits per heavy atom.